The van der Waals surface area contributed by atoms with Gasteiger partial charge in [-0.2, -0.15) is 5.26 Å². The minimum atomic E-state index is -0.331. The molecule has 3 aromatic carbocycles. The van der Waals surface area contributed by atoms with Gasteiger partial charge in [-0.05, 0) is 36.8 Å². The van der Waals surface area contributed by atoms with Crippen LogP contribution in [-0.4, -0.2) is 11.7 Å². The molecule has 4 nitrogen and oxygen atoms in total. The molecule has 0 aliphatic heterocycles. The van der Waals surface area contributed by atoms with Gasteiger partial charge < -0.3 is 5.32 Å². The summed E-state index contributed by atoms with van der Waals surface area (Å²) in [4.78, 5) is 24.6. The maximum Gasteiger partial charge on any atom is 0.256 e. The van der Waals surface area contributed by atoms with E-state index in [4.69, 9.17) is 0 Å². The molecule has 3 rings (SSSR count). The van der Waals surface area contributed by atoms with E-state index in [1.807, 2.05) is 24.3 Å². The van der Waals surface area contributed by atoms with E-state index >= 15 is 0 Å². The average molecular weight is 340 g/mol. The van der Waals surface area contributed by atoms with Gasteiger partial charge >= 0.3 is 0 Å². The summed E-state index contributed by atoms with van der Waals surface area (Å²) >= 11 is 0. The van der Waals surface area contributed by atoms with Gasteiger partial charge in [0.2, 0.25) is 0 Å². The van der Waals surface area contributed by atoms with Crippen LogP contribution in [0.25, 0.3) is 11.1 Å². The Bertz CT molecular complexity index is 1030. The van der Waals surface area contributed by atoms with Crippen LogP contribution in [0.4, 0.5) is 5.69 Å². The summed E-state index contributed by atoms with van der Waals surface area (Å²) in [6.07, 6.45) is 0. The Labute approximate surface area is 151 Å². The Kier molecular flexibility index (Phi) is 4.91. The summed E-state index contributed by atoms with van der Waals surface area (Å²) in [6.45, 7) is 1.46. The summed E-state index contributed by atoms with van der Waals surface area (Å²) in [7, 11) is 0. The smallest absolute Gasteiger partial charge is 0.256 e. The number of nitrogens with zero attached hydrogens (tertiary/aromatic N) is 1. The van der Waals surface area contributed by atoms with Gasteiger partial charge in [0.15, 0.2) is 5.78 Å². The molecule has 0 saturated heterocycles. The van der Waals surface area contributed by atoms with E-state index in [2.05, 4.69) is 11.4 Å². The zero-order valence-electron chi connectivity index (χ0n) is 14.2. The van der Waals surface area contributed by atoms with Crippen LogP contribution in [0.1, 0.15) is 33.2 Å². The molecule has 126 valence electrons. The van der Waals surface area contributed by atoms with Gasteiger partial charge in [-0.1, -0.05) is 48.5 Å². The number of hydrogen-bond acceptors (Lipinski definition) is 3. The van der Waals surface area contributed by atoms with Crippen LogP contribution in [0.5, 0.6) is 0 Å². The molecule has 0 spiro atoms. The number of para-hydroxylation sites is 1. The van der Waals surface area contributed by atoms with Crippen LogP contribution < -0.4 is 5.32 Å². The number of rotatable bonds is 4. The van der Waals surface area contributed by atoms with Crippen LogP contribution in [0.2, 0.25) is 0 Å². The maximum absolute atomic E-state index is 12.9. The molecule has 0 unspecified atom stereocenters. The van der Waals surface area contributed by atoms with Crippen molar-refractivity contribution in [3.8, 4) is 17.2 Å². The molecule has 4 heteroatoms. The first-order valence-corrected chi connectivity index (χ1v) is 8.11. The molecule has 0 aliphatic rings. The Balaban J connectivity index is 2.03. The molecular formula is C22H16N2O2. The lowest BCUT2D eigenvalue weighted by Crippen LogP contribution is -2.15. The molecule has 0 heterocycles. The average Bonchev–Trinajstić information content (AvgIpc) is 2.68. The summed E-state index contributed by atoms with van der Waals surface area (Å²) in [5.74, 6) is -0.453. The van der Waals surface area contributed by atoms with Crippen molar-refractivity contribution in [1.82, 2.24) is 0 Å². The quantitative estimate of drug-likeness (QED) is 0.701. The van der Waals surface area contributed by atoms with Crippen molar-refractivity contribution in [2.24, 2.45) is 0 Å². The molecule has 1 N–H and O–H groups in total. The highest BCUT2D eigenvalue weighted by Crippen LogP contribution is 2.28. The summed E-state index contributed by atoms with van der Waals surface area (Å²) in [6, 6.07) is 23.3. The van der Waals surface area contributed by atoms with Crippen LogP contribution in [-0.2, 0) is 0 Å². The molecular weight excluding hydrogens is 324 g/mol. The van der Waals surface area contributed by atoms with E-state index < -0.39 is 0 Å². The van der Waals surface area contributed by atoms with E-state index in [-0.39, 0.29) is 11.7 Å². The summed E-state index contributed by atoms with van der Waals surface area (Å²) in [5.41, 5.74) is 3.22. The Morgan fingerprint density at radius 1 is 0.808 bits per heavy atom. The molecule has 0 aromatic heterocycles. The molecule has 1 amide bonds. The second-order valence-corrected chi connectivity index (χ2v) is 5.76. The number of carbonyl (C=O) groups excluding carboxylic acids is 2. The van der Waals surface area contributed by atoms with Crippen molar-refractivity contribution in [1.29, 1.82) is 5.26 Å². The van der Waals surface area contributed by atoms with Crippen LogP contribution in [0.15, 0.2) is 72.8 Å². The van der Waals surface area contributed by atoms with Crippen molar-refractivity contribution in [2.75, 3.05) is 5.32 Å². The van der Waals surface area contributed by atoms with E-state index in [1.165, 1.54) is 6.92 Å². The topological polar surface area (TPSA) is 70.0 Å². The number of anilines is 1. The van der Waals surface area contributed by atoms with Gasteiger partial charge in [0.1, 0.15) is 0 Å². The standard InChI is InChI=1S/C22H16N2O2/c1-15(25)17-9-6-7-13-21(17)24-22(26)20-12-5-4-11-19(20)18-10-3-2-8-16(18)14-23/h2-13H,1H3,(H,24,26). The molecule has 0 radical (unpaired) electrons. The first-order valence-electron chi connectivity index (χ1n) is 8.11. The monoisotopic (exact) mass is 340 g/mol. The van der Waals surface area contributed by atoms with Gasteiger partial charge in [0.25, 0.3) is 5.91 Å². The minimum Gasteiger partial charge on any atom is -0.321 e. The number of hydrogen-bond donors (Lipinski definition) is 1. The number of nitrogens with one attached hydrogen (secondary N) is 1. The molecule has 0 atom stereocenters. The third-order valence-corrected chi connectivity index (χ3v) is 4.06. The number of ketones is 1. The first kappa shape index (κ1) is 17.1. The predicted molar refractivity (Wildman–Crippen MR) is 101 cm³/mol. The normalized spacial score (nSPS) is 10.0. The number of amides is 1. The van der Waals surface area contributed by atoms with Gasteiger partial charge in [0.05, 0.1) is 17.3 Å². The molecule has 3 aromatic rings. The number of carbonyl (C=O) groups is 2. The second-order valence-electron chi connectivity index (χ2n) is 5.76. The number of nitriles is 1. The zero-order chi connectivity index (χ0) is 18.5. The van der Waals surface area contributed by atoms with Crippen molar-refractivity contribution in [3.05, 3.63) is 89.5 Å². The largest absolute Gasteiger partial charge is 0.321 e. The fourth-order valence-corrected chi connectivity index (χ4v) is 2.82. The van der Waals surface area contributed by atoms with Crippen molar-refractivity contribution in [3.63, 3.8) is 0 Å². The lowest BCUT2D eigenvalue weighted by Gasteiger charge is -2.13. The molecule has 0 aliphatic carbocycles. The van der Waals surface area contributed by atoms with Crippen LogP contribution in [0.3, 0.4) is 0 Å². The highest BCUT2D eigenvalue weighted by atomic mass is 16.1. The minimum absolute atomic E-state index is 0.121. The predicted octanol–water partition coefficient (Wildman–Crippen LogP) is 4.68. The second kappa shape index (κ2) is 7.45. The van der Waals surface area contributed by atoms with Gasteiger partial charge in [-0.15, -0.1) is 0 Å². The maximum atomic E-state index is 12.9. The molecule has 0 saturated carbocycles. The third-order valence-electron chi connectivity index (χ3n) is 4.06. The third kappa shape index (κ3) is 3.38. The number of Topliss-reactive ketones (excluding diaryl/α,β-unsaturated/α-hetero) is 1. The zero-order valence-corrected chi connectivity index (χ0v) is 14.2. The SMILES string of the molecule is CC(=O)c1ccccc1NC(=O)c1ccccc1-c1ccccc1C#N. The highest BCUT2D eigenvalue weighted by Gasteiger charge is 2.16. The molecule has 0 bridgehead atoms. The van der Waals surface area contributed by atoms with Gasteiger partial charge in [-0.3, -0.25) is 9.59 Å². The lowest BCUT2D eigenvalue weighted by atomic mass is 9.95. The van der Waals surface area contributed by atoms with E-state index in [0.717, 1.165) is 0 Å². The lowest BCUT2D eigenvalue weighted by molar-refractivity contribution is 0.101. The Hall–Kier alpha value is -3.71. The number of benzene rings is 3. The van der Waals surface area contributed by atoms with Crippen LogP contribution in [0, 0.1) is 11.3 Å². The van der Waals surface area contributed by atoms with Crippen LogP contribution >= 0.6 is 0 Å². The Morgan fingerprint density at radius 2 is 1.38 bits per heavy atom. The van der Waals surface area contributed by atoms with Crippen molar-refractivity contribution >= 4 is 17.4 Å². The van der Waals surface area contributed by atoms with E-state index in [0.29, 0.717) is 33.5 Å². The Morgan fingerprint density at radius 3 is 2.08 bits per heavy atom. The molecule has 26 heavy (non-hydrogen) atoms. The fraction of sp³-hybridized carbons (Fsp3) is 0.0455. The highest BCUT2D eigenvalue weighted by molar-refractivity contribution is 6.12. The molecule has 0 fully saturated rings. The van der Waals surface area contributed by atoms with E-state index in [9.17, 15) is 14.9 Å². The van der Waals surface area contributed by atoms with Gasteiger partial charge in [0, 0.05) is 16.7 Å². The first-order chi connectivity index (χ1) is 12.6. The van der Waals surface area contributed by atoms with Gasteiger partial charge in [-0.25, -0.2) is 0 Å². The summed E-state index contributed by atoms with van der Waals surface area (Å²) < 4.78 is 0. The van der Waals surface area contributed by atoms with Crippen molar-refractivity contribution < 1.29 is 9.59 Å². The van der Waals surface area contributed by atoms with Crippen molar-refractivity contribution in [2.45, 2.75) is 6.92 Å². The van der Waals surface area contributed by atoms with E-state index in [1.54, 1.807) is 48.5 Å². The summed E-state index contributed by atoms with van der Waals surface area (Å²) in [5, 5.41) is 12.2. The fourth-order valence-electron chi connectivity index (χ4n) is 2.82.